The number of rotatable bonds is 2. The molecular formula is C14H22N2OS. The highest BCUT2D eigenvalue weighted by Gasteiger charge is 2.31. The number of thiophene rings is 1. The lowest BCUT2D eigenvalue weighted by Crippen LogP contribution is -2.30. The second-order valence-electron chi connectivity index (χ2n) is 5.94. The Hall–Kier alpha value is -0.870. The molecule has 0 fully saturated rings. The monoisotopic (exact) mass is 266 g/mol. The Bertz CT molecular complexity index is 471. The van der Waals surface area contributed by atoms with Crippen molar-refractivity contribution in [1.82, 2.24) is 4.90 Å². The van der Waals surface area contributed by atoms with Crippen LogP contribution in [0.4, 0.5) is 5.00 Å². The molecule has 0 saturated heterocycles. The zero-order valence-corrected chi connectivity index (χ0v) is 12.5. The van der Waals surface area contributed by atoms with Gasteiger partial charge in [0.05, 0.1) is 10.6 Å². The molecule has 100 valence electrons. The second-order valence-corrected chi connectivity index (χ2v) is 7.08. The summed E-state index contributed by atoms with van der Waals surface area (Å²) in [6.45, 7) is 11.1. The molecule has 1 aliphatic heterocycles. The van der Waals surface area contributed by atoms with Gasteiger partial charge in [0.2, 0.25) is 0 Å². The number of carbonyl (C=O) groups is 1. The van der Waals surface area contributed by atoms with Crippen molar-refractivity contribution in [3.63, 3.8) is 0 Å². The first-order valence-corrected chi connectivity index (χ1v) is 7.33. The molecule has 2 rings (SSSR count). The summed E-state index contributed by atoms with van der Waals surface area (Å²) in [5, 5.41) is 0.706. The molecule has 4 heteroatoms. The standard InChI is InChI=1S/C14H22N2OS/c1-5-16-7-6-9-10(8-16)18-13(15)11(9)12(17)14(2,3)4/h5-8,15H2,1-4H3. The van der Waals surface area contributed by atoms with Crippen molar-refractivity contribution in [2.75, 3.05) is 18.8 Å². The van der Waals surface area contributed by atoms with Crippen LogP contribution >= 0.6 is 11.3 Å². The van der Waals surface area contributed by atoms with Crippen molar-refractivity contribution in [3.05, 3.63) is 16.0 Å². The molecule has 1 aliphatic rings. The first-order valence-electron chi connectivity index (χ1n) is 6.51. The molecule has 1 aromatic heterocycles. The third-order valence-corrected chi connectivity index (χ3v) is 4.56. The Morgan fingerprint density at radius 3 is 2.67 bits per heavy atom. The third-order valence-electron chi connectivity index (χ3n) is 3.52. The number of hydrogen-bond donors (Lipinski definition) is 1. The average molecular weight is 266 g/mol. The van der Waals surface area contributed by atoms with Gasteiger partial charge in [-0.3, -0.25) is 9.69 Å². The summed E-state index contributed by atoms with van der Waals surface area (Å²) in [4.78, 5) is 16.2. The molecule has 3 nitrogen and oxygen atoms in total. The van der Waals surface area contributed by atoms with Crippen LogP contribution in [0.25, 0.3) is 0 Å². The third kappa shape index (κ3) is 2.31. The van der Waals surface area contributed by atoms with E-state index in [9.17, 15) is 4.79 Å². The number of nitrogens with two attached hydrogens (primary N) is 1. The van der Waals surface area contributed by atoms with E-state index in [2.05, 4.69) is 11.8 Å². The Morgan fingerprint density at radius 2 is 2.11 bits per heavy atom. The number of Topliss-reactive ketones (excluding diaryl/α,β-unsaturated/α-hetero) is 1. The Labute approximate surface area is 113 Å². The van der Waals surface area contributed by atoms with E-state index < -0.39 is 0 Å². The van der Waals surface area contributed by atoms with Crippen LogP contribution in [0.1, 0.15) is 48.5 Å². The Morgan fingerprint density at radius 1 is 1.44 bits per heavy atom. The summed E-state index contributed by atoms with van der Waals surface area (Å²) in [5.74, 6) is 0.183. The van der Waals surface area contributed by atoms with E-state index in [1.54, 1.807) is 11.3 Å². The molecule has 0 aromatic carbocycles. The van der Waals surface area contributed by atoms with Crippen molar-refractivity contribution >= 4 is 22.1 Å². The zero-order chi connectivity index (χ0) is 13.5. The van der Waals surface area contributed by atoms with E-state index in [1.807, 2.05) is 20.8 Å². The summed E-state index contributed by atoms with van der Waals surface area (Å²) >= 11 is 1.60. The number of hydrogen-bond acceptors (Lipinski definition) is 4. The summed E-state index contributed by atoms with van der Waals surface area (Å²) in [7, 11) is 0. The summed E-state index contributed by atoms with van der Waals surface area (Å²) in [6.07, 6.45) is 0.952. The highest BCUT2D eigenvalue weighted by atomic mass is 32.1. The van der Waals surface area contributed by atoms with Gasteiger partial charge in [-0.15, -0.1) is 11.3 Å². The van der Waals surface area contributed by atoms with E-state index in [-0.39, 0.29) is 11.2 Å². The molecule has 0 aliphatic carbocycles. The van der Waals surface area contributed by atoms with Gasteiger partial charge in [-0.1, -0.05) is 27.7 Å². The van der Waals surface area contributed by atoms with Crippen LogP contribution in [0.5, 0.6) is 0 Å². The molecular weight excluding hydrogens is 244 g/mol. The second kappa shape index (κ2) is 4.67. The topological polar surface area (TPSA) is 46.3 Å². The van der Waals surface area contributed by atoms with Gasteiger partial charge in [0.25, 0.3) is 0 Å². The van der Waals surface area contributed by atoms with E-state index in [0.29, 0.717) is 5.00 Å². The highest BCUT2D eigenvalue weighted by Crippen LogP contribution is 2.38. The molecule has 0 spiro atoms. The highest BCUT2D eigenvalue weighted by molar-refractivity contribution is 7.16. The van der Waals surface area contributed by atoms with Gasteiger partial charge >= 0.3 is 0 Å². The first kappa shape index (κ1) is 13.6. The number of anilines is 1. The maximum atomic E-state index is 12.5. The minimum Gasteiger partial charge on any atom is -0.390 e. The molecule has 2 heterocycles. The molecule has 0 atom stereocenters. The van der Waals surface area contributed by atoms with Gasteiger partial charge in [0.1, 0.15) is 0 Å². The minimum absolute atomic E-state index is 0.183. The number of nitrogens with zero attached hydrogens (tertiary/aromatic N) is 1. The van der Waals surface area contributed by atoms with Gasteiger partial charge < -0.3 is 5.73 Å². The lowest BCUT2D eigenvalue weighted by Gasteiger charge is -2.26. The Balaban J connectivity index is 2.40. The number of carbonyl (C=O) groups excluding carboxylic acids is 1. The van der Waals surface area contributed by atoms with Crippen LogP contribution in [-0.2, 0) is 13.0 Å². The fourth-order valence-corrected chi connectivity index (χ4v) is 3.53. The maximum Gasteiger partial charge on any atom is 0.171 e. The molecule has 0 bridgehead atoms. The van der Waals surface area contributed by atoms with Gasteiger partial charge in [0.15, 0.2) is 5.78 Å². The van der Waals surface area contributed by atoms with Crippen LogP contribution in [0.3, 0.4) is 0 Å². The summed E-state index contributed by atoms with van der Waals surface area (Å²) < 4.78 is 0. The predicted octanol–water partition coefficient (Wildman–Crippen LogP) is 2.94. The van der Waals surface area contributed by atoms with Crippen molar-refractivity contribution < 1.29 is 4.79 Å². The van der Waals surface area contributed by atoms with Gasteiger partial charge in [0, 0.05) is 23.4 Å². The normalized spacial score (nSPS) is 16.7. The summed E-state index contributed by atoms with van der Waals surface area (Å²) in [6, 6.07) is 0. The number of ketones is 1. The maximum absolute atomic E-state index is 12.5. The fourth-order valence-electron chi connectivity index (χ4n) is 2.37. The Kier molecular flexibility index (Phi) is 3.52. The number of fused-ring (bicyclic) bond motifs is 1. The van der Waals surface area contributed by atoms with E-state index in [4.69, 9.17) is 5.73 Å². The number of likely N-dealkylation sites (N-methyl/N-ethyl adjacent to an activating group) is 1. The molecule has 0 saturated carbocycles. The predicted molar refractivity (Wildman–Crippen MR) is 77.2 cm³/mol. The molecule has 0 amide bonds. The van der Waals surface area contributed by atoms with Crippen molar-refractivity contribution in [2.24, 2.45) is 5.41 Å². The van der Waals surface area contributed by atoms with Crippen LogP contribution in [0.15, 0.2) is 0 Å². The molecule has 1 aromatic rings. The molecule has 2 N–H and O–H groups in total. The van der Waals surface area contributed by atoms with Gasteiger partial charge in [-0.2, -0.15) is 0 Å². The van der Waals surface area contributed by atoms with Gasteiger partial charge in [-0.05, 0) is 18.5 Å². The average Bonchev–Trinajstić information content (AvgIpc) is 2.61. The number of nitrogen functional groups attached to an aromatic ring is 1. The van der Waals surface area contributed by atoms with Crippen molar-refractivity contribution in [1.29, 1.82) is 0 Å². The van der Waals surface area contributed by atoms with E-state index in [0.717, 1.165) is 31.6 Å². The lowest BCUT2D eigenvalue weighted by molar-refractivity contribution is 0.0858. The molecule has 0 radical (unpaired) electrons. The summed E-state index contributed by atoms with van der Waals surface area (Å²) in [5.41, 5.74) is 7.74. The molecule has 18 heavy (non-hydrogen) atoms. The quantitative estimate of drug-likeness (QED) is 0.837. The van der Waals surface area contributed by atoms with Crippen molar-refractivity contribution in [3.8, 4) is 0 Å². The first-order chi connectivity index (χ1) is 8.34. The van der Waals surface area contributed by atoms with Crippen LogP contribution in [-0.4, -0.2) is 23.8 Å². The molecule has 0 unspecified atom stereocenters. The van der Waals surface area contributed by atoms with E-state index >= 15 is 0 Å². The van der Waals surface area contributed by atoms with Crippen LogP contribution in [0.2, 0.25) is 0 Å². The van der Waals surface area contributed by atoms with E-state index in [1.165, 1.54) is 10.4 Å². The lowest BCUT2D eigenvalue weighted by atomic mass is 9.84. The smallest absolute Gasteiger partial charge is 0.171 e. The largest absolute Gasteiger partial charge is 0.390 e. The van der Waals surface area contributed by atoms with Crippen LogP contribution < -0.4 is 5.73 Å². The van der Waals surface area contributed by atoms with Gasteiger partial charge in [-0.25, -0.2) is 0 Å². The minimum atomic E-state index is -0.356. The zero-order valence-electron chi connectivity index (χ0n) is 11.7. The SMILES string of the molecule is CCN1CCc2c(sc(N)c2C(=O)C(C)(C)C)C1. The van der Waals surface area contributed by atoms with Crippen molar-refractivity contribution in [2.45, 2.75) is 40.7 Å². The van der Waals surface area contributed by atoms with Crippen LogP contribution in [0, 0.1) is 5.41 Å². The fraction of sp³-hybridized carbons (Fsp3) is 0.643.